The predicted octanol–water partition coefficient (Wildman–Crippen LogP) is 5.30. The van der Waals surface area contributed by atoms with Gasteiger partial charge in [-0.05, 0) is 48.0 Å². The van der Waals surface area contributed by atoms with Crippen LogP contribution >= 0.6 is 0 Å². The first kappa shape index (κ1) is 18.8. The molecule has 9 nitrogen and oxygen atoms in total. The van der Waals surface area contributed by atoms with Crippen molar-refractivity contribution in [3.05, 3.63) is 98.1 Å². The fourth-order valence-electron chi connectivity index (χ4n) is 2.87. The SMILES string of the molecule is O=C1C=Cc2cc(Oc3ccc([N+](=O)[O-])cc3)c(Oc3ccc([N+](=O)[O-])cc3)cc21. The molecule has 1 aliphatic rings. The number of hydrogen-bond acceptors (Lipinski definition) is 7. The minimum Gasteiger partial charge on any atom is -0.453 e. The van der Waals surface area contributed by atoms with E-state index in [1.54, 1.807) is 12.1 Å². The summed E-state index contributed by atoms with van der Waals surface area (Å²) in [7, 11) is 0. The highest BCUT2D eigenvalue weighted by Crippen LogP contribution is 2.39. The van der Waals surface area contributed by atoms with E-state index < -0.39 is 9.85 Å². The summed E-state index contributed by atoms with van der Waals surface area (Å²) in [5.74, 6) is 0.966. The molecule has 148 valence electrons. The van der Waals surface area contributed by atoms with Gasteiger partial charge in [0.1, 0.15) is 11.5 Å². The molecule has 0 saturated heterocycles. The largest absolute Gasteiger partial charge is 0.453 e. The molecule has 0 amide bonds. The number of ether oxygens (including phenoxy) is 2. The Morgan fingerprint density at radius 1 is 0.667 bits per heavy atom. The Balaban J connectivity index is 1.68. The van der Waals surface area contributed by atoms with E-state index in [2.05, 4.69) is 0 Å². The zero-order valence-corrected chi connectivity index (χ0v) is 15.2. The van der Waals surface area contributed by atoms with Gasteiger partial charge in [-0.2, -0.15) is 0 Å². The van der Waals surface area contributed by atoms with Crippen molar-refractivity contribution >= 4 is 23.2 Å². The minimum atomic E-state index is -0.521. The van der Waals surface area contributed by atoms with Gasteiger partial charge in [0.15, 0.2) is 17.3 Å². The quantitative estimate of drug-likeness (QED) is 0.404. The van der Waals surface area contributed by atoms with Crippen molar-refractivity contribution in [1.82, 2.24) is 0 Å². The number of ketones is 1. The van der Waals surface area contributed by atoms with Crippen LogP contribution in [0.25, 0.3) is 6.08 Å². The van der Waals surface area contributed by atoms with E-state index in [0.29, 0.717) is 22.6 Å². The molecule has 0 radical (unpaired) electrons. The van der Waals surface area contributed by atoms with Gasteiger partial charge in [-0.15, -0.1) is 0 Å². The third kappa shape index (κ3) is 3.72. The van der Waals surface area contributed by atoms with E-state index in [-0.39, 0.29) is 28.7 Å². The lowest BCUT2D eigenvalue weighted by molar-refractivity contribution is -0.385. The molecule has 1 aliphatic carbocycles. The molecule has 3 aromatic carbocycles. The highest BCUT2D eigenvalue weighted by molar-refractivity contribution is 6.14. The highest BCUT2D eigenvalue weighted by Gasteiger charge is 2.20. The average molecular weight is 404 g/mol. The van der Waals surface area contributed by atoms with Gasteiger partial charge < -0.3 is 9.47 Å². The van der Waals surface area contributed by atoms with Crippen LogP contribution in [-0.4, -0.2) is 15.6 Å². The van der Waals surface area contributed by atoms with Gasteiger partial charge >= 0.3 is 0 Å². The fraction of sp³-hybridized carbons (Fsp3) is 0. The summed E-state index contributed by atoms with van der Waals surface area (Å²) in [5.41, 5.74) is 0.918. The number of nitrogens with zero attached hydrogens (tertiary/aromatic N) is 2. The lowest BCUT2D eigenvalue weighted by Crippen LogP contribution is -1.97. The number of non-ortho nitro benzene ring substituents is 2. The predicted molar refractivity (Wildman–Crippen MR) is 106 cm³/mol. The van der Waals surface area contributed by atoms with Gasteiger partial charge in [0.05, 0.1) is 9.85 Å². The lowest BCUT2D eigenvalue weighted by Gasteiger charge is -2.14. The average Bonchev–Trinajstić information content (AvgIpc) is 3.09. The van der Waals surface area contributed by atoms with E-state index >= 15 is 0 Å². The second-order valence-electron chi connectivity index (χ2n) is 6.29. The summed E-state index contributed by atoms with van der Waals surface area (Å²) in [6, 6.07) is 14.1. The van der Waals surface area contributed by atoms with E-state index in [4.69, 9.17) is 9.47 Å². The third-order valence-electron chi connectivity index (χ3n) is 4.35. The zero-order valence-electron chi connectivity index (χ0n) is 15.2. The molecular weight excluding hydrogens is 392 g/mol. The summed E-state index contributed by atoms with van der Waals surface area (Å²) in [6.07, 6.45) is 3.08. The Hall–Kier alpha value is -4.53. The summed E-state index contributed by atoms with van der Waals surface area (Å²) < 4.78 is 11.7. The first-order chi connectivity index (χ1) is 14.4. The van der Waals surface area contributed by atoms with Gasteiger partial charge in [0.2, 0.25) is 0 Å². The molecule has 0 N–H and O–H groups in total. The van der Waals surface area contributed by atoms with Gasteiger partial charge in [-0.25, -0.2) is 0 Å². The molecule has 30 heavy (non-hydrogen) atoms. The van der Waals surface area contributed by atoms with Crippen LogP contribution in [0.5, 0.6) is 23.0 Å². The first-order valence-corrected chi connectivity index (χ1v) is 8.66. The number of nitro groups is 2. The van der Waals surface area contributed by atoms with Crippen LogP contribution in [0.2, 0.25) is 0 Å². The Morgan fingerprint density at radius 3 is 1.60 bits per heavy atom. The minimum absolute atomic E-state index is 0.0767. The molecule has 0 aromatic heterocycles. The smallest absolute Gasteiger partial charge is 0.269 e. The topological polar surface area (TPSA) is 122 Å². The molecule has 0 saturated carbocycles. The number of carbonyl (C=O) groups excluding carboxylic acids is 1. The summed E-state index contributed by atoms with van der Waals surface area (Å²) in [4.78, 5) is 32.6. The molecule has 0 bridgehead atoms. The summed E-state index contributed by atoms with van der Waals surface area (Å²) >= 11 is 0. The van der Waals surface area contributed by atoms with Crippen molar-refractivity contribution in [2.45, 2.75) is 0 Å². The lowest BCUT2D eigenvalue weighted by atomic mass is 10.1. The number of benzene rings is 3. The fourth-order valence-corrected chi connectivity index (χ4v) is 2.87. The Bertz CT molecular complexity index is 1200. The van der Waals surface area contributed by atoms with Crippen LogP contribution in [0.1, 0.15) is 15.9 Å². The standard InChI is InChI=1S/C21H12N2O7/c24-19-10-1-13-11-20(29-16-6-2-14(3-7-16)22(25)26)21(12-18(13)19)30-17-8-4-15(5-9-17)23(27)28/h1-12H. The van der Waals surface area contributed by atoms with Crippen LogP contribution in [-0.2, 0) is 0 Å². The second kappa shape index (κ2) is 7.47. The van der Waals surface area contributed by atoms with Crippen LogP contribution in [0.15, 0.2) is 66.7 Å². The molecule has 0 fully saturated rings. The van der Waals surface area contributed by atoms with Crippen molar-refractivity contribution < 1.29 is 24.1 Å². The van der Waals surface area contributed by atoms with E-state index in [1.165, 1.54) is 60.7 Å². The molecule has 4 rings (SSSR count). The molecule has 0 spiro atoms. The van der Waals surface area contributed by atoms with E-state index in [0.717, 1.165) is 0 Å². The summed E-state index contributed by atoms with van der Waals surface area (Å²) in [5, 5.41) is 21.6. The van der Waals surface area contributed by atoms with Crippen LogP contribution in [0.4, 0.5) is 11.4 Å². The van der Waals surface area contributed by atoms with E-state index in [1.807, 2.05) is 0 Å². The normalized spacial score (nSPS) is 11.8. The monoisotopic (exact) mass is 404 g/mol. The maximum atomic E-state index is 12.0. The van der Waals surface area contributed by atoms with Crippen molar-refractivity contribution in [3.8, 4) is 23.0 Å². The molecule has 0 atom stereocenters. The number of allylic oxidation sites excluding steroid dienone is 1. The maximum Gasteiger partial charge on any atom is 0.269 e. The van der Waals surface area contributed by atoms with Gasteiger partial charge in [0, 0.05) is 29.8 Å². The third-order valence-corrected chi connectivity index (χ3v) is 4.35. The van der Waals surface area contributed by atoms with Crippen molar-refractivity contribution in [2.75, 3.05) is 0 Å². The van der Waals surface area contributed by atoms with Gasteiger partial charge in [0.25, 0.3) is 11.4 Å². The van der Waals surface area contributed by atoms with Crippen LogP contribution in [0.3, 0.4) is 0 Å². The number of rotatable bonds is 6. The zero-order chi connectivity index (χ0) is 21.3. The molecule has 0 heterocycles. The number of nitro benzene ring substituents is 2. The number of hydrogen-bond donors (Lipinski definition) is 0. The molecule has 9 heteroatoms. The van der Waals surface area contributed by atoms with Crippen molar-refractivity contribution in [2.24, 2.45) is 0 Å². The van der Waals surface area contributed by atoms with Crippen molar-refractivity contribution in [1.29, 1.82) is 0 Å². The summed E-state index contributed by atoms with van der Waals surface area (Å²) in [6.45, 7) is 0. The maximum absolute atomic E-state index is 12.0. The van der Waals surface area contributed by atoms with Gasteiger partial charge in [-0.3, -0.25) is 25.0 Å². The Morgan fingerprint density at radius 2 is 1.13 bits per heavy atom. The molecule has 0 unspecified atom stereocenters. The highest BCUT2D eigenvalue weighted by atomic mass is 16.6. The van der Waals surface area contributed by atoms with E-state index in [9.17, 15) is 25.0 Å². The first-order valence-electron chi connectivity index (χ1n) is 8.66. The van der Waals surface area contributed by atoms with Crippen LogP contribution in [0, 0.1) is 20.2 Å². The Labute approximate surface area is 169 Å². The van der Waals surface area contributed by atoms with Gasteiger partial charge in [-0.1, -0.05) is 6.08 Å². The number of carbonyl (C=O) groups is 1. The van der Waals surface area contributed by atoms with Crippen LogP contribution < -0.4 is 9.47 Å². The molecule has 0 aliphatic heterocycles. The molecule has 3 aromatic rings. The number of fused-ring (bicyclic) bond motifs is 1. The molecular formula is C21H12N2O7. The van der Waals surface area contributed by atoms with Crippen molar-refractivity contribution in [3.63, 3.8) is 0 Å². The Kier molecular flexibility index (Phi) is 4.69. The second-order valence-corrected chi connectivity index (χ2v) is 6.29.